The Hall–Kier alpha value is -0.220. The Bertz CT molecular complexity index is 283. The van der Waals surface area contributed by atoms with Crippen LogP contribution in [0, 0.1) is 0 Å². The molecule has 0 aliphatic heterocycles. The summed E-state index contributed by atoms with van der Waals surface area (Å²) in [6.07, 6.45) is 0. The second-order valence-corrected chi connectivity index (χ2v) is 4.65. The van der Waals surface area contributed by atoms with Crippen molar-refractivity contribution >= 4 is 23.4 Å². The van der Waals surface area contributed by atoms with Crippen LogP contribution in [0.2, 0.25) is 5.02 Å². The van der Waals surface area contributed by atoms with Gasteiger partial charge in [-0.3, -0.25) is 0 Å². The van der Waals surface area contributed by atoms with Gasteiger partial charge in [-0.2, -0.15) is 0 Å². The molecule has 2 nitrogen and oxygen atoms in total. The third-order valence-corrected chi connectivity index (χ3v) is 3.06. The molecule has 1 rings (SSSR count). The van der Waals surface area contributed by atoms with E-state index in [4.69, 9.17) is 16.3 Å². The van der Waals surface area contributed by atoms with Crippen LogP contribution in [0.3, 0.4) is 0 Å². The number of ether oxygens (including phenoxy) is 1. The minimum absolute atomic E-state index is 0.766. The van der Waals surface area contributed by atoms with E-state index in [1.807, 2.05) is 18.2 Å². The molecule has 84 valence electrons. The van der Waals surface area contributed by atoms with Crippen molar-refractivity contribution in [3.63, 3.8) is 0 Å². The molecule has 0 bridgehead atoms. The quantitative estimate of drug-likeness (QED) is 0.590. The molecule has 0 radical (unpaired) electrons. The zero-order valence-corrected chi connectivity index (χ0v) is 10.4. The van der Waals surface area contributed by atoms with Crippen LogP contribution >= 0.6 is 23.4 Å². The molecule has 0 fully saturated rings. The smallest absolute Gasteiger partial charge is 0.0587 e. The number of benzene rings is 1. The summed E-state index contributed by atoms with van der Waals surface area (Å²) in [4.78, 5) is 1.22. The molecule has 0 atom stereocenters. The molecule has 0 saturated carbocycles. The lowest BCUT2D eigenvalue weighted by Gasteiger charge is -2.04. The number of hydrogen-bond donors (Lipinski definition) is 1. The fourth-order valence-electron chi connectivity index (χ4n) is 1.10. The molecular formula is C11H16ClNOS. The van der Waals surface area contributed by atoms with Gasteiger partial charge >= 0.3 is 0 Å². The third kappa shape index (κ3) is 6.05. The van der Waals surface area contributed by atoms with E-state index in [0.29, 0.717) is 0 Å². The molecule has 0 amide bonds. The van der Waals surface area contributed by atoms with Crippen LogP contribution in [0.1, 0.15) is 0 Å². The molecule has 1 aromatic rings. The Morgan fingerprint density at radius 3 is 3.00 bits per heavy atom. The van der Waals surface area contributed by atoms with E-state index < -0.39 is 0 Å². The van der Waals surface area contributed by atoms with E-state index in [0.717, 1.165) is 30.5 Å². The second kappa shape index (κ2) is 7.99. The first kappa shape index (κ1) is 12.8. The van der Waals surface area contributed by atoms with Crippen LogP contribution < -0.4 is 5.32 Å². The lowest BCUT2D eigenvalue weighted by Crippen LogP contribution is -2.21. The van der Waals surface area contributed by atoms with Crippen LogP contribution in [-0.2, 0) is 4.74 Å². The highest BCUT2D eigenvalue weighted by Crippen LogP contribution is 2.20. The first-order chi connectivity index (χ1) is 7.33. The Balaban J connectivity index is 2.10. The Morgan fingerprint density at radius 1 is 1.40 bits per heavy atom. The number of nitrogens with one attached hydrogen (secondary N) is 1. The fraction of sp³-hybridized carbons (Fsp3) is 0.455. The fourth-order valence-corrected chi connectivity index (χ4v) is 2.22. The highest BCUT2D eigenvalue weighted by molar-refractivity contribution is 7.99. The Labute approximate surface area is 100 Å². The molecule has 15 heavy (non-hydrogen) atoms. The highest BCUT2D eigenvalue weighted by Gasteiger charge is 1.94. The number of thioether (sulfide) groups is 1. The van der Waals surface area contributed by atoms with Gasteiger partial charge in [0.15, 0.2) is 0 Å². The van der Waals surface area contributed by atoms with Gasteiger partial charge in [-0.1, -0.05) is 17.7 Å². The van der Waals surface area contributed by atoms with Gasteiger partial charge in [0.1, 0.15) is 0 Å². The van der Waals surface area contributed by atoms with Gasteiger partial charge in [0.2, 0.25) is 0 Å². The summed E-state index contributed by atoms with van der Waals surface area (Å²) in [5, 5.41) is 4.09. The number of halogens is 1. The van der Waals surface area contributed by atoms with Gasteiger partial charge in [-0.15, -0.1) is 11.8 Å². The normalized spacial score (nSPS) is 10.5. The van der Waals surface area contributed by atoms with Crippen LogP contribution in [-0.4, -0.2) is 32.6 Å². The van der Waals surface area contributed by atoms with Crippen LogP contribution in [0.4, 0.5) is 0 Å². The molecular weight excluding hydrogens is 230 g/mol. The summed E-state index contributed by atoms with van der Waals surface area (Å²) in [6, 6.07) is 7.93. The van der Waals surface area contributed by atoms with Gasteiger partial charge in [-0.05, 0) is 18.2 Å². The first-order valence-electron chi connectivity index (χ1n) is 4.91. The molecule has 0 aliphatic rings. The zero-order valence-electron chi connectivity index (χ0n) is 8.83. The first-order valence-corrected chi connectivity index (χ1v) is 6.27. The van der Waals surface area contributed by atoms with Gasteiger partial charge in [0.05, 0.1) is 6.61 Å². The van der Waals surface area contributed by atoms with Crippen molar-refractivity contribution in [3.8, 4) is 0 Å². The van der Waals surface area contributed by atoms with E-state index in [-0.39, 0.29) is 0 Å². The van der Waals surface area contributed by atoms with Crippen LogP contribution in [0.25, 0.3) is 0 Å². The summed E-state index contributed by atoms with van der Waals surface area (Å²) < 4.78 is 4.94. The molecule has 4 heteroatoms. The van der Waals surface area contributed by atoms with E-state index in [2.05, 4.69) is 11.4 Å². The molecule has 0 aliphatic carbocycles. The number of methoxy groups -OCH3 is 1. The van der Waals surface area contributed by atoms with Gasteiger partial charge in [0.25, 0.3) is 0 Å². The zero-order chi connectivity index (χ0) is 10.9. The van der Waals surface area contributed by atoms with Crippen LogP contribution in [0.15, 0.2) is 29.2 Å². The Morgan fingerprint density at radius 2 is 2.27 bits per heavy atom. The highest BCUT2D eigenvalue weighted by atomic mass is 35.5. The van der Waals surface area contributed by atoms with Crippen molar-refractivity contribution in [1.29, 1.82) is 0 Å². The molecule has 0 spiro atoms. The van der Waals surface area contributed by atoms with E-state index in [1.54, 1.807) is 18.9 Å². The summed E-state index contributed by atoms with van der Waals surface area (Å²) in [6.45, 7) is 2.66. The number of rotatable bonds is 7. The lowest BCUT2D eigenvalue weighted by molar-refractivity contribution is 0.200. The van der Waals surface area contributed by atoms with Crippen molar-refractivity contribution in [3.05, 3.63) is 29.3 Å². The van der Waals surface area contributed by atoms with E-state index in [1.165, 1.54) is 4.90 Å². The predicted octanol–water partition coefficient (Wildman–Crippen LogP) is 2.67. The summed E-state index contributed by atoms with van der Waals surface area (Å²) in [7, 11) is 1.71. The predicted molar refractivity (Wildman–Crippen MR) is 66.9 cm³/mol. The maximum atomic E-state index is 5.88. The monoisotopic (exact) mass is 245 g/mol. The maximum absolute atomic E-state index is 5.88. The second-order valence-electron chi connectivity index (χ2n) is 3.05. The third-order valence-electron chi connectivity index (χ3n) is 1.83. The van der Waals surface area contributed by atoms with Crippen molar-refractivity contribution < 1.29 is 4.74 Å². The SMILES string of the molecule is COCCNCCSc1cccc(Cl)c1. The molecule has 0 heterocycles. The van der Waals surface area contributed by atoms with Crippen molar-refractivity contribution in [2.75, 3.05) is 32.6 Å². The number of hydrogen-bond acceptors (Lipinski definition) is 3. The van der Waals surface area contributed by atoms with Crippen molar-refractivity contribution in [2.24, 2.45) is 0 Å². The summed E-state index contributed by atoms with van der Waals surface area (Å²) in [5.41, 5.74) is 0. The molecule has 0 saturated heterocycles. The minimum atomic E-state index is 0.766. The average Bonchev–Trinajstić information content (AvgIpc) is 2.23. The standard InChI is InChI=1S/C11H16ClNOS/c1-14-7-5-13-6-8-15-11-4-2-3-10(12)9-11/h2-4,9,13H,5-8H2,1H3. The topological polar surface area (TPSA) is 21.3 Å². The molecule has 0 aromatic heterocycles. The van der Waals surface area contributed by atoms with E-state index in [9.17, 15) is 0 Å². The Kier molecular flexibility index (Phi) is 6.85. The molecule has 0 unspecified atom stereocenters. The summed E-state index contributed by atoms with van der Waals surface area (Å²) in [5.74, 6) is 1.05. The van der Waals surface area contributed by atoms with Crippen LogP contribution in [0.5, 0.6) is 0 Å². The van der Waals surface area contributed by atoms with Gasteiger partial charge in [0, 0.05) is 35.9 Å². The van der Waals surface area contributed by atoms with Gasteiger partial charge in [-0.25, -0.2) is 0 Å². The van der Waals surface area contributed by atoms with E-state index >= 15 is 0 Å². The largest absolute Gasteiger partial charge is 0.383 e. The molecule has 1 N–H and O–H groups in total. The van der Waals surface area contributed by atoms with Gasteiger partial charge < -0.3 is 10.1 Å². The van der Waals surface area contributed by atoms with Crippen molar-refractivity contribution in [2.45, 2.75) is 4.90 Å². The summed E-state index contributed by atoms with van der Waals surface area (Å²) >= 11 is 7.69. The minimum Gasteiger partial charge on any atom is -0.383 e. The molecule has 1 aromatic carbocycles. The van der Waals surface area contributed by atoms with Crippen molar-refractivity contribution in [1.82, 2.24) is 5.32 Å². The maximum Gasteiger partial charge on any atom is 0.0587 e. The average molecular weight is 246 g/mol. The lowest BCUT2D eigenvalue weighted by atomic mass is 10.4.